The molecular weight excluding hydrogens is 228 g/mol. The average Bonchev–Trinajstić information content (AvgIpc) is 2.38. The second-order valence-corrected chi connectivity index (χ2v) is 4.20. The lowest BCUT2D eigenvalue weighted by Gasteiger charge is -2.15. The van der Waals surface area contributed by atoms with Crippen molar-refractivity contribution in [3.05, 3.63) is 35.4 Å². The molecule has 4 nitrogen and oxygen atoms in total. The molecule has 0 heterocycles. The molecule has 0 aromatic heterocycles. The highest BCUT2D eigenvalue weighted by atomic mass is 16.5. The van der Waals surface area contributed by atoms with Crippen LogP contribution < -0.4 is 10.6 Å². The van der Waals surface area contributed by atoms with E-state index >= 15 is 0 Å². The summed E-state index contributed by atoms with van der Waals surface area (Å²) in [6.07, 6.45) is 0. The van der Waals surface area contributed by atoms with E-state index in [4.69, 9.17) is 4.74 Å². The van der Waals surface area contributed by atoms with Crippen LogP contribution in [0.5, 0.6) is 0 Å². The van der Waals surface area contributed by atoms with Gasteiger partial charge in [-0.3, -0.25) is 4.79 Å². The quantitative estimate of drug-likeness (QED) is 0.770. The molecule has 1 unspecified atom stereocenters. The van der Waals surface area contributed by atoms with Crippen LogP contribution in [-0.4, -0.2) is 25.6 Å². The van der Waals surface area contributed by atoms with Crippen LogP contribution in [0.1, 0.15) is 25.0 Å². The molecule has 0 radical (unpaired) electrons. The van der Waals surface area contributed by atoms with Crippen LogP contribution in [0.4, 0.5) is 0 Å². The van der Waals surface area contributed by atoms with E-state index in [9.17, 15) is 4.79 Å². The van der Waals surface area contributed by atoms with Gasteiger partial charge in [-0.2, -0.15) is 0 Å². The minimum absolute atomic E-state index is 0.0294. The minimum Gasteiger partial charge on any atom is -0.380 e. The summed E-state index contributed by atoms with van der Waals surface area (Å²) in [5, 5.41) is 6.01. The third kappa shape index (κ3) is 4.47. The first-order valence-corrected chi connectivity index (χ1v) is 6.25. The summed E-state index contributed by atoms with van der Waals surface area (Å²) in [7, 11) is 1.68. The molecular formula is C14H22N2O2. The molecule has 0 aliphatic carbocycles. The second kappa shape index (κ2) is 7.84. The van der Waals surface area contributed by atoms with Crippen molar-refractivity contribution in [1.82, 2.24) is 10.6 Å². The van der Waals surface area contributed by atoms with E-state index in [0.29, 0.717) is 19.7 Å². The lowest BCUT2D eigenvalue weighted by Crippen LogP contribution is -2.41. The highest BCUT2D eigenvalue weighted by molar-refractivity contribution is 5.81. The van der Waals surface area contributed by atoms with Crippen LogP contribution in [0.15, 0.2) is 24.3 Å². The van der Waals surface area contributed by atoms with Crippen molar-refractivity contribution in [2.24, 2.45) is 0 Å². The van der Waals surface area contributed by atoms with Gasteiger partial charge in [-0.15, -0.1) is 0 Å². The van der Waals surface area contributed by atoms with Crippen LogP contribution in [0.2, 0.25) is 0 Å². The smallest absolute Gasteiger partial charge is 0.236 e. The number of carbonyl (C=O) groups excluding carboxylic acids is 1. The van der Waals surface area contributed by atoms with Gasteiger partial charge in [0.15, 0.2) is 0 Å². The number of hydrogen-bond donors (Lipinski definition) is 2. The summed E-state index contributed by atoms with van der Waals surface area (Å²) in [5.74, 6) is 0.0294. The summed E-state index contributed by atoms with van der Waals surface area (Å²) in [4.78, 5) is 11.6. The second-order valence-electron chi connectivity index (χ2n) is 4.20. The van der Waals surface area contributed by atoms with Crippen molar-refractivity contribution in [3.63, 3.8) is 0 Å². The van der Waals surface area contributed by atoms with E-state index in [-0.39, 0.29) is 11.9 Å². The molecule has 1 aromatic rings. The van der Waals surface area contributed by atoms with Crippen LogP contribution in [0, 0.1) is 0 Å². The van der Waals surface area contributed by atoms with Gasteiger partial charge in [0.2, 0.25) is 5.91 Å². The Hall–Kier alpha value is -1.39. The molecule has 4 heteroatoms. The fourth-order valence-electron chi connectivity index (χ4n) is 1.71. The minimum atomic E-state index is -0.194. The van der Waals surface area contributed by atoms with Crippen LogP contribution >= 0.6 is 0 Å². The number of rotatable bonds is 7. The number of hydrogen-bond acceptors (Lipinski definition) is 3. The molecule has 2 N–H and O–H groups in total. The van der Waals surface area contributed by atoms with E-state index in [1.165, 1.54) is 0 Å². The number of likely N-dealkylation sites (N-methyl/N-ethyl adjacent to an activating group) is 1. The van der Waals surface area contributed by atoms with E-state index in [1.54, 1.807) is 7.11 Å². The third-order valence-electron chi connectivity index (χ3n) is 2.76. The predicted molar refractivity (Wildman–Crippen MR) is 72.1 cm³/mol. The highest BCUT2D eigenvalue weighted by Crippen LogP contribution is 2.09. The lowest BCUT2D eigenvalue weighted by molar-refractivity contribution is -0.122. The number of amides is 1. The average molecular weight is 250 g/mol. The van der Waals surface area contributed by atoms with Crippen molar-refractivity contribution in [2.45, 2.75) is 33.0 Å². The maximum atomic E-state index is 11.6. The Morgan fingerprint density at radius 1 is 1.33 bits per heavy atom. The molecule has 1 rings (SSSR count). The molecule has 0 bridgehead atoms. The van der Waals surface area contributed by atoms with Gasteiger partial charge in [0.1, 0.15) is 0 Å². The zero-order valence-electron chi connectivity index (χ0n) is 11.3. The largest absolute Gasteiger partial charge is 0.380 e. The molecule has 0 saturated heterocycles. The summed E-state index contributed by atoms with van der Waals surface area (Å²) in [5.41, 5.74) is 2.31. The molecule has 18 heavy (non-hydrogen) atoms. The SMILES string of the molecule is CCNC(=O)C(C)NCc1ccccc1COC. The van der Waals surface area contributed by atoms with E-state index < -0.39 is 0 Å². The lowest BCUT2D eigenvalue weighted by atomic mass is 10.1. The van der Waals surface area contributed by atoms with Gasteiger partial charge in [-0.25, -0.2) is 0 Å². The highest BCUT2D eigenvalue weighted by Gasteiger charge is 2.11. The maximum Gasteiger partial charge on any atom is 0.236 e. The van der Waals surface area contributed by atoms with Gasteiger partial charge in [-0.1, -0.05) is 24.3 Å². The van der Waals surface area contributed by atoms with Crippen molar-refractivity contribution < 1.29 is 9.53 Å². The van der Waals surface area contributed by atoms with Crippen molar-refractivity contribution >= 4 is 5.91 Å². The Balaban J connectivity index is 2.54. The number of benzene rings is 1. The van der Waals surface area contributed by atoms with Crippen LogP contribution in [0.3, 0.4) is 0 Å². The Labute approximate surface area is 109 Å². The summed E-state index contributed by atoms with van der Waals surface area (Å²) in [6.45, 7) is 5.69. The Bertz CT molecular complexity index is 380. The van der Waals surface area contributed by atoms with Gasteiger partial charge in [-0.05, 0) is 25.0 Å². The number of methoxy groups -OCH3 is 1. The Kier molecular flexibility index (Phi) is 6.39. The molecule has 1 aromatic carbocycles. The first-order valence-electron chi connectivity index (χ1n) is 6.25. The number of carbonyl (C=O) groups is 1. The third-order valence-corrected chi connectivity index (χ3v) is 2.76. The molecule has 0 aliphatic heterocycles. The van der Waals surface area contributed by atoms with Gasteiger partial charge in [0.25, 0.3) is 0 Å². The molecule has 1 amide bonds. The fourth-order valence-corrected chi connectivity index (χ4v) is 1.71. The predicted octanol–water partition coefficient (Wildman–Crippen LogP) is 1.45. The zero-order valence-corrected chi connectivity index (χ0v) is 11.3. The van der Waals surface area contributed by atoms with Gasteiger partial charge in [0, 0.05) is 20.2 Å². The molecule has 0 spiro atoms. The first-order chi connectivity index (χ1) is 8.69. The van der Waals surface area contributed by atoms with Gasteiger partial charge < -0.3 is 15.4 Å². The van der Waals surface area contributed by atoms with Crippen molar-refractivity contribution in [1.29, 1.82) is 0 Å². The molecule has 100 valence electrons. The van der Waals surface area contributed by atoms with Crippen LogP contribution in [-0.2, 0) is 22.7 Å². The standard InChI is InChI=1S/C14H22N2O2/c1-4-15-14(17)11(2)16-9-12-7-5-6-8-13(12)10-18-3/h5-8,11,16H,4,9-10H2,1-3H3,(H,15,17). The summed E-state index contributed by atoms with van der Waals surface area (Å²) in [6, 6.07) is 7.88. The Morgan fingerprint density at radius 2 is 2.00 bits per heavy atom. The first kappa shape index (κ1) is 14.7. The summed E-state index contributed by atoms with van der Waals surface area (Å²) < 4.78 is 5.15. The van der Waals surface area contributed by atoms with Crippen LogP contribution in [0.25, 0.3) is 0 Å². The number of nitrogens with one attached hydrogen (secondary N) is 2. The van der Waals surface area contributed by atoms with E-state index in [2.05, 4.69) is 10.6 Å². The topological polar surface area (TPSA) is 50.4 Å². The van der Waals surface area contributed by atoms with Gasteiger partial charge >= 0.3 is 0 Å². The van der Waals surface area contributed by atoms with Gasteiger partial charge in [0.05, 0.1) is 12.6 Å². The van der Waals surface area contributed by atoms with Crippen molar-refractivity contribution in [2.75, 3.05) is 13.7 Å². The number of ether oxygens (including phenoxy) is 1. The normalized spacial score (nSPS) is 12.2. The molecule has 1 atom stereocenters. The molecule has 0 saturated carbocycles. The van der Waals surface area contributed by atoms with Crippen molar-refractivity contribution in [3.8, 4) is 0 Å². The van der Waals surface area contributed by atoms with E-state index in [1.807, 2.05) is 38.1 Å². The Morgan fingerprint density at radius 3 is 2.61 bits per heavy atom. The van der Waals surface area contributed by atoms with E-state index in [0.717, 1.165) is 11.1 Å². The monoisotopic (exact) mass is 250 g/mol. The molecule has 0 aliphatic rings. The fraction of sp³-hybridized carbons (Fsp3) is 0.500. The summed E-state index contributed by atoms with van der Waals surface area (Å²) >= 11 is 0. The maximum absolute atomic E-state index is 11.6. The zero-order chi connectivity index (χ0) is 13.4. The molecule has 0 fully saturated rings.